The third kappa shape index (κ3) is 5.92. The first kappa shape index (κ1) is 22.8. The minimum absolute atomic E-state index is 0.0766. The fourth-order valence-electron chi connectivity index (χ4n) is 4.42. The van der Waals surface area contributed by atoms with Gasteiger partial charge in [-0.25, -0.2) is 0 Å². The number of nitrogens with zero attached hydrogens (tertiary/aromatic N) is 2. The molecule has 0 aliphatic carbocycles. The van der Waals surface area contributed by atoms with E-state index in [-0.39, 0.29) is 11.8 Å². The van der Waals surface area contributed by atoms with Crippen molar-refractivity contribution in [2.45, 2.75) is 39.0 Å². The maximum atomic E-state index is 12.8. The van der Waals surface area contributed by atoms with Gasteiger partial charge in [-0.2, -0.15) is 0 Å². The molecule has 1 fully saturated rings. The van der Waals surface area contributed by atoms with Crippen molar-refractivity contribution in [3.63, 3.8) is 0 Å². The van der Waals surface area contributed by atoms with Crippen LogP contribution in [0, 0.1) is 5.92 Å². The molecule has 2 N–H and O–H groups in total. The van der Waals surface area contributed by atoms with Crippen LogP contribution in [0.25, 0.3) is 10.9 Å². The van der Waals surface area contributed by atoms with Crippen molar-refractivity contribution in [1.82, 2.24) is 20.2 Å². The van der Waals surface area contributed by atoms with E-state index in [1.54, 1.807) is 12.4 Å². The minimum atomic E-state index is -0.0766. The normalized spacial score (nSPS) is 14.4. The van der Waals surface area contributed by atoms with Crippen LogP contribution in [0.5, 0.6) is 5.75 Å². The highest BCUT2D eigenvalue weighted by molar-refractivity contribution is 5.97. The SMILES string of the molecule is CCOc1ccc(C(=O)N2CCC(CCCCNC(=O)c3cc4cnccc4[nH]3)CC2)cc1. The Kier molecular flexibility index (Phi) is 7.60. The van der Waals surface area contributed by atoms with Crippen molar-refractivity contribution in [2.24, 2.45) is 5.92 Å². The summed E-state index contributed by atoms with van der Waals surface area (Å²) in [6, 6.07) is 11.1. The Morgan fingerprint density at radius 3 is 2.67 bits per heavy atom. The minimum Gasteiger partial charge on any atom is -0.494 e. The number of aromatic nitrogens is 2. The van der Waals surface area contributed by atoms with Gasteiger partial charge in [0.05, 0.1) is 6.61 Å². The number of unbranched alkanes of at least 4 members (excludes halogenated alkanes) is 1. The van der Waals surface area contributed by atoms with Crippen molar-refractivity contribution in [1.29, 1.82) is 0 Å². The zero-order valence-electron chi connectivity index (χ0n) is 19.2. The quantitative estimate of drug-likeness (QED) is 0.475. The number of rotatable bonds is 9. The van der Waals surface area contributed by atoms with Crippen LogP contribution in [0.15, 0.2) is 48.8 Å². The highest BCUT2D eigenvalue weighted by Crippen LogP contribution is 2.24. The molecule has 2 aromatic heterocycles. The first-order valence-corrected chi connectivity index (χ1v) is 11.9. The number of piperidine rings is 1. The van der Waals surface area contributed by atoms with Crippen LogP contribution in [0.2, 0.25) is 0 Å². The molecule has 0 saturated carbocycles. The van der Waals surface area contributed by atoms with Crippen LogP contribution in [-0.2, 0) is 0 Å². The number of fused-ring (bicyclic) bond motifs is 1. The molecular formula is C26H32N4O3. The van der Waals surface area contributed by atoms with Gasteiger partial charge in [-0.1, -0.05) is 12.8 Å². The predicted molar refractivity (Wildman–Crippen MR) is 129 cm³/mol. The number of amides is 2. The Bertz CT molecular complexity index is 1040. The molecule has 7 nitrogen and oxygen atoms in total. The van der Waals surface area contributed by atoms with Gasteiger partial charge < -0.3 is 19.9 Å². The van der Waals surface area contributed by atoms with Crippen LogP contribution in [0.1, 0.15) is 59.9 Å². The summed E-state index contributed by atoms with van der Waals surface area (Å²) in [7, 11) is 0. The van der Waals surface area contributed by atoms with Crippen LogP contribution in [0.4, 0.5) is 0 Å². The number of pyridine rings is 1. The van der Waals surface area contributed by atoms with Gasteiger partial charge in [0.1, 0.15) is 11.4 Å². The van der Waals surface area contributed by atoms with Crippen molar-refractivity contribution in [2.75, 3.05) is 26.2 Å². The molecule has 1 saturated heterocycles. The molecule has 1 aliphatic rings. The van der Waals surface area contributed by atoms with Crippen molar-refractivity contribution >= 4 is 22.7 Å². The van der Waals surface area contributed by atoms with E-state index in [9.17, 15) is 9.59 Å². The molecule has 1 aliphatic heterocycles. The molecule has 0 bridgehead atoms. The topological polar surface area (TPSA) is 87.3 Å². The average Bonchev–Trinajstić information content (AvgIpc) is 3.29. The van der Waals surface area contributed by atoms with Gasteiger partial charge in [0.2, 0.25) is 0 Å². The number of benzene rings is 1. The second-order valence-electron chi connectivity index (χ2n) is 8.59. The van der Waals surface area contributed by atoms with Crippen LogP contribution < -0.4 is 10.1 Å². The Morgan fingerprint density at radius 2 is 1.94 bits per heavy atom. The highest BCUT2D eigenvalue weighted by atomic mass is 16.5. The fraction of sp³-hybridized carbons (Fsp3) is 0.423. The summed E-state index contributed by atoms with van der Waals surface area (Å²) >= 11 is 0. The largest absolute Gasteiger partial charge is 0.494 e. The maximum absolute atomic E-state index is 12.8. The first-order chi connectivity index (χ1) is 16.1. The number of carbonyl (C=O) groups excluding carboxylic acids is 2. The van der Waals surface area contributed by atoms with Gasteiger partial charge in [-0.05, 0) is 68.5 Å². The molecule has 0 radical (unpaired) electrons. The molecule has 4 rings (SSSR count). The summed E-state index contributed by atoms with van der Waals surface area (Å²) in [6.45, 7) is 4.85. The number of hydrogen-bond donors (Lipinski definition) is 2. The highest BCUT2D eigenvalue weighted by Gasteiger charge is 2.23. The Balaban J connectivity index is 1.13. The summed E-state index contributed by atoms with van der Waals surface area (Å²) in [5, 5.41) is 3.94. The lowest BCUT2D eigenvalue weighted by Gasteiger charge is -2.32. The smallest absolute Gasteiger partial charge is 0.267 e. The van der Waals surface area contributed by atoms with Crippen LogP contribution in [0.3, 0.4) is 0 Å². The van der Waals surface area contributed by atoms with Gasteiger partial charge in [0.15, 0.2) is 0 Å². The molecule has 3 heterocycles. The molecule has 3 aromatic rings. The number of hydrogen-bond acceptors (Lipinski definition) is 4. The molecular weight excluding hydrogens is 416 g/mol. The van der Waals surface area contributed by atoms with Gasteiger partial charge in [-0.3, -0.25) is 14.6 Å². The number of nitrogens with one attached hydrogen (secondary N) is 2. The van der Waals surface area contributed by atoms with E-state index < -0.39 is 0 Å². The molecule has 174 valence electrons. The summed E-state index contributed by atoms with van der Waals surface area (Å²) in [5.74, 6) is 1.47. The van der Waals surface area contributed by atoms with Gasteiger partial charge >= 0.3 is 0 Å². The number of carbonyl (C=O) groups is 2. The van der Waals surface area contributed by atoms with Gasteiger partial charge in [-0.15, -0.1) is 0 Å². The zero-order chi connectivity index (χ0) is 23.0. The summed E-state index contributed by atoms with van der Waals surface area (Å²) in [5.41, 5.74) is 2.21. The van der Waals surface area contributed by atoms with Crippen molar-refractivity contribution < 1.29 is 14.3 Å². The van der Waals surface area contributed by atoms with Crippen LogP contribution >= 0.6 is 0 Å². The molecule has 0 atom stereocenters. The number of H-pyrrole nitrogens is 1. The lowest BCUT2D eigenvalue weighted by Crippen LogP contribution is -2.38. The Morgan fingerprint density at radius 1 is 1.15 bits per heavy atom. The number of aromatic amines is 1. The van der Waals surface area contributed by atoms with Crippen molar-refractivity contribution in [3.8, 4) is 5.75 Å². The predicted octanol–water partition coefficient (Wildman–Crippen LogP) is 4.41. The van der Waals surface area contributed by atoms with E-state index in [1.165, 1.54) is 0 Å². The van der Waals surface area contributed by atoms with Crippen molar-refractivity contribution in [3.05, 3.63) is 60.0 Å². The van der Waals surface area contributed by atoms with E-state index >= 15 is 0 Å². The van der Waals surface area contributed by atoms with Gasteiger partial charge in [0.25, 0.3) is 11.8 Å². The third-order valence-corrected chi connectivity index (χ3v) is 6.30. The van der Waals surface area contributed by atoms with E-state index in [1.807, 2.05) is 48.2 Å². The van der Waals surface area contributed by atoms with E-state index in [4.69, 9.17) is 4.74 Å². The first-order valence-electron chi connectivity index (χ1n) is 11.9. The third-order valence-electron chi connectivity index (χ3n) is 6.30. The molecule has 33 heavy (non-hydrogen) atoms. The monoisotopic (exact) mass is 448 g/mol. The second-order valence-corrected chi connectivity index (χ2v) is 8.59. The van der Waals surface area contributed by atoms with E-state index in [2.05, 4.69) is 15.3 Å². The average molecular weight is 449 g/mol. The molecule has 1 aromatic carbocycles. The lowest BCUT2D eigenvalue weighted by molar-refractivity contribution is 0.0685. The molecule has 0 unspecified atom stereocenters. The molecule has 7 heteroatoms. The maximum Gasteiger partial charge on any atom is 0.267 e. The second kappa shape index (κ2) is 11.0. The standard InChI is InChI=1S/C26H32N4O3/c1-2-33-22-8-6-20(7-9-22)26(32)30-15-11-19(12-16-30)5-3-4-13-28-25(31)24-17-21-18-27-14-10-23(21)29-24/h6-10,14,17-19,29H,2-5,11-13,15-16H2,1H3,(H,28,31). The Labute approximate surface area is 194 Å². The lowest BCUT2D eigenvalue weighted by atomic mass is 9.91. The summed E-state index contributed by atoms with van der Waals surface area (Å²) < 4.78 is 5.45. The van der Waals surface area contributed by atoms with E-state index in [0.717, 1.165) is 67.4 Å². The molecule has 0 spiro atoms. The fourth-order valence-corrected chi connectivity index (χ4v) is 4.42. The Hall–Kier alpha value is -3.35. The molecule has 2 amide bonds. The van der Waals surface area contributed by atoms with E-state index in [0.29, 0.717) is 24.8 Å². The zero-order valence-corrected chi connectivity index (χ0v) is 19.2. The number of likely N-dealkylation sites (tertiary alicyclic amines) is 1. The van der Waals surface area contributed by atoms with Gasteiger partial charge in [0, 0.05) is 48.5 Å². The number of ether oxygens (including phenoxy) is 1. The van der Waals surface area contributed by atoms with Crippen LogP contribution in [-0.4, -0.2) is 52.9 Å². The summed E-state index contributed by atoms with van der Waals surface area (Å²) in [6.07, 6.45) is 8.71. The summed E-state index contributed by atoms with van der Waals surface area (Å²) in [4.78, 5) is 34.3.